The number of rotatable bonds is 1. The van der Waals surface area contributed by atoms with Crippen molar-refractivity contribution in [2.45, 2.75) is 77.1 Å². The zero-order chi connectivity index (χ0) is 17.3. The highest BCUT2D eigenvalue weighted by Gasteiger charge is 2.68. The number of ether oxygens (including phenoxy) is 3. The molecule has 0 radical (unpaired) electrons. The minimum absolute atomic E-state index is 0.0513. The standard InChI is InChI=1S/C22H34O3/c1-20-10-5-4-6-15(20)7-8-16-17-9-11-22(24-12-13-25-22)21(17,2)19(23-3)14-18(16)20/h14-17,19H,4-13H2,1-3H3. The topological polar surface area (TPSA) is 27.7 Å². The van der Waals surface area contributed by atoms with E-state index in [0.717, 1.165) is 25.6 Å². The van der Waals surface area contributed by atoms with Gasteiger partial charge in [0.2, 0.25) is 0 Å². The van der Waals surface area contributed by atoms with Crippen molar-refractivity contribution in [1.29, 1.82) is 0 Å². The summed E-state index contributed by atoms with van der Waals surface area (Å²) < 4.78 is 18.7. The molecule has 4 aliphatic carbocycles. The molecule has 0 amide bonds. The first kappa shape index (κ1) is 16.8. The molecule has 5 rings (SSSR count). The van der Waals surface area contributed by atoms with Gasteiger partial charge in [-0.1, -0.05) is 38.3 Å². The van der Waals surface area contributed by atoms with Crippen molar-refractivity contribution in [1.82, 2.24) is 0 Å². The summed E-state index contributed by atoms with van der Waals surface area (Å²) in [5.41, 5.74) is 2.10. The quantitative estimate of drug-likeness (QED) is 0.644. The molecule has 6 atom stereocenters. The SMILES string of the molecule is COC1C=C2C(CCC3CCCCC23C)C2CCC3(OCCO3)C12C. The van der Waals surface area contributed by atoms with Crippen LogP contribution in [0.5, 0.6) is 0 Å². The highest BCUT2D eigenvalue weighted by Crippen LogP contribution is 2.68. The average Bonchev–Trinajstić information content (AvgIpc) is 3.21. The number of methoxy groups -OCH3 is 1. The second-order valence-electron chi connectivity index (χ2n) is 9.70. The lowest BCUT2D eigenvalue weighted by Crippen LogP contribution is -2.58. The Hall–Kier alpha value is -0.380. The van der Waals surface area contributed by atoms with Gasteiger partial charge in [-0.15, -0.1) is 0 Å². The fourth-order valence-electron chi connectivity index (χ4n) is 7.74. The summed E-state index contributed by atoms with van der Waals surface area (Å²) in [5.74, 6) is 1.82. The van der Waals surface area contributed by atoms with Gasteiger partial charge in [-0.3, -0.25) is 0 Å². The second kappa shape index (κ2) is 5.56. The fourth-order valence-corrected chi connectivity index (χ4v) is 7.74. The second-order valence-corrected chi connectivity index (χ2v) is 9.70. The Morgan fingerprint density at radius 1 is 1.00 bits per heavy atom. The van der Waals surface area contributed by atoms with Crippen molar-refractivity contribution in [3.63, 3.8) is 0 Å². The van der Waals surface area contributed by atoms with Gasteiger partial charge in [0, 0.05) is 13.5 Å². The van der Waals surface area contributed by atoms with Crippen LogP contribution in [0.2, 0.25) is 0 Å². The van der Waals surface area contributed by atoms with Crippen LogP contribution < -0.4 is 0 Å². The van der Waals surface area contributed by atoms with Crippen molar-refractivity contribution in [3.8, 4) is 0 Å². The van der Waals surface area contributed by atoms with Crippen molar-refractivity contribution in [3.05, 3.63) is 11.6 Å². The first-order valence-corrected chi connectivity index (χ1v) is 10.6. The molecule has 140 valence electrons. The number of allylic oxidation sites excluding steroid dienone is 1. The minimum atomic E-state index is -0.412. The molecule has 1 heterocycles. The summed E-state index contributed by atoms with van der Waals surface area (Å²) in [4.78, 5) is 0. The van der Waals surface area contributed by atoms with Gasteiger partial charge < -0.3 is 14.2 Å². The molecular weight excluding hydrogens is 312 g/mol. The van der Waals surface area contributed by atoms with E-state index in [4.69, 9.17) is 14.2 Å². The van der Waals surface area contributed by atoms with E-state index >= 15 is 0 Å². The molecule has 1 saturated heterocycles. The predicted octanol–water partition coefficient (Wildman–Crippen LogP) is 4.71. The van der Waals surface area contributed by atoms with Crippen LogP contribution in [0.4, 0.5) is 0 Å². The first-order valence-electron chi connectivity index (χ1n) is 10.6. The van der Waals surface area contributed by atoms with Gasteiger partial charge >= 0.3 is 0 Å². The molecule has 25 heavy (non-hydrogen) atoms. The number of fused-ring (bicyclic) bond motifs is 6. The van der Waals surface area contributed by atoms with Gasteiger partial charge in [0.15, 0.2) is 5.79 Å². The average molecular weight is 347 g/mol. The number of hydrogen-bond acceptors (Lipinski definition) is 3. The van der Waals surface area contributed by atoms with Crippen LogP contribution in [0, 0.1) is 28.6 Å². The molecule has 3 nitrogen and oxygen atoms in total. The predicted molar refractivity (Wildman–Crippen MR) is 97.1 cm³/mol. The summed E-state index contributed by atoms with van der Waals surface area (Å²) in [6.45, 7) is 6.43. The van der Waals surface area contributed by atoms with Crippen LogP contribution in [-0.4, -0.2) is 32.2 Å². The molecule has 0 aromatic carbocycles. The van der Waals surface area contributed by atoms with Gasteiger partial charge in [0.25, 0.3) is 0 Å². The molecule has 0 aromatic rings. The van der Waals surface area contributed by atoms with Crippen molar-refractivity contribution in [2.24, 2.45) is 28.6 Å². The van der Waals surface area contributed by atoms with Crippen LogP contribution >= 0.6 is 0 Å². The molecule has 5 aliphatic rings. The van der Waals surface area contributed by atoms with Crippen LogP contribution in [0.15, 0.2) is 11.6 Å². The zero-order valence-electron chi connectivity index (χ0n) is 16.2. The third-order valence-corrected chi connectivity index (χ3v) is 9.08. The largest absolute Gasteiger partial charge is 0.377 e. The third kappa shape index (κ3) is 1.98. The van der Waals surface area contributed by atoms with Crippen LogP contribution in [0.1, 0.15) is 65.2 Å². The summed E-state index contributed by atoms with van der Waals surface area (Å²) >= 11 is 0. The van der Waals surface area contributed by atoms with Crippen LogP contribution in [-0.2, 0) is 14.2 Å². The number of hydrogen-bond donors (Lipinski definition) is 0. The highest BCUT2D eigenvalue weighted by molar-refractivity contribution is 5.32. The molecule has 0 N–H and O–H groups in total. The monoisotopic (exact) mass is 346 g/mol. The maximum absolute atomic E-state index is 6.29. The van der Waals surface area contributed by atoms with Crippen LogP contribution in [0.25, 0.3) is 0 Å². The molecular formula is C22H34O3. The van der Waals surface area contributed by atoms with E-state index in [1.165, 1.54) is 44.9 Å². The fraction of sp³-hybridized carbons (Fsp3) is 0.909. The molecule has 6 unspecified atom stereocenters. The Kier molecular flexibility index (Phi) is 3.73. The summed E-state index contributed by atoms with van der Waals surface area (Å²) in [7, 11) is 1.88. The van der Waals surface area contributed by atoms with E-state index < -0.39 is 5.79 Å². The maximum atomic E-state index is 6.29. The summed E-state index contributed by atoms with van der Waals surface area (Å²) in [5, 5.41) is 0. The zero-order valence-corrected chi connectivity index (χ0v) is 16.2. The Morgan fingerprint density at radius 2 is 1.80 bits per heavy atom. The molecule has 0 aromatic heterocycles. The van der Waals surface area contributed by atoms with Gasteiger partial charge in [0.05, 0.1) is 24.7 Å². The lowest BCUT2D eigenvalue weighted by molar-refractivity contribution is -0.255. The maximum Gasteiger partial charge on any atom is 0.176 e. The van der Waals surface area contributed by atoms with Crippen molar-refractivity contribution in [2.75, 3.05) is 20.3 Å². The van der Waals surface area contributed by atoms with Gasteiger partial charge in [-0.05, 0) is 55.3 Å². The molecule has 3 heteroatoms. The van der Waals surface area contributed by atoms with Crippen LogP contribution in [0.3, 0.4) is 0 Å². The van der Waals surface area contributed by atoms with E-state index in [0.29, 0.717) is 17.3 Å². The van der Waals surface area contributed by atoms with Gasteiger partial charge in [-0.25, -0.2) is 0 Å². The summed E-state index contributed by atoms with van der Waals surface area (Å²) in [6, 6.07) is 0. The minimum Gasteiger partial charge on any atom is -0.377 e. The Bertz CT molecular complexity index is 578. The third-order valence-electron chi connectivity index (χ3n) is 9.08. The normalized spacial score (nSPS) is 50.9. The molecule has 1 spiro atoms. The lowest BCUT2D eigenvalue weighted by Gasteiger charge is -2.58. The molecule has 3 saturated carbocycles. The first-order chi connectivity index (χ1) is 12.1. The Balaban J connectivity index is 1.60. The van der Waals surface area contributed by atoms with Gasteiger partial charge in [-0.2, -0.15) is 0 Å². The van der Waals surface area contributed by atoms with E-state index in [-0.39, 0.29) is 11.5 Å². The van der Waals surface area contributed by atoms with E-state index in [1.807, 2.05) is 7.11 Å². The molecule has 1 aliphatic heterocycles. The Morgan fingerprint density at radius 3 is 2.56 bits per heavy atom. The highest BCUT2D eigenvalue weighted by atomic mass is 16.7. The van der Waals surface area contributed by atoms with Crippen molar-refractivity contribution >= 4 is 0 Å². The molecule has 0 bridgehead atoms. The smallest absolute Gasteiger partial charge is 0.176 e. The Labute approximate surface area is 152 Å². The summed E-state index contributed by atoms with van der Waals surface area (Å²) in [6.07, 6.45) is 13.3. The van der Waals surface area contributed by atoms with E-state index in [9.17, 15) is 0 Å². The molecule has 4 fully saturated rings. The van der Waals surface area contributed by atoms with E-state index in [2.05, 4.69) is 19.9 Å². The van der Waals surface area contributed by atoms with E-state index in [1.54, 1.807) is 5.57 Å². The van der Waals surface area contributed by atoms with Gasteiger partial charge in [0.1, 0.15) is 0 Å². The van der Waals surface area contributed by atoms with Crippen molar-refractivity contribution < 1.29 is 14.2 Å². The lowest BCUT2D eigenvalue weighted by atomic mass is 9.48.